The van der Waals surface area contributed by atoms with Crippen molar-refractivity contribution in [2.75, 3.05) is 12.4 Å². The molecule has 1 aromatic rings. The second-order valence-electron chi connectivity index (χ2n) is 7.37. The van der Waals surface area contributed by atoms with Gasteiger partial charge < -0.3 is 10.1 Å². The average molecular weight is 338 g/mol. The molecule has 3 atom stereocenters. The SMILES string of the molecule is COc1cc(Br)cc(NC2C(C)(C)[C@H]3CC[C@]2(C)C3)c1. The lowest BCUT2D eigenvalue weighted by atomic mass is 9.68. The van der Waals surface area contributed by atoms with Crippen LogP contribution >= 0.6 is 15.9 Å². The minimum atomic E-state index is 0.364. The fourth-order valence-corrected chi connectivity index (χ4v) is 5.07. The number of methoxy groups -OCH3 is 1. The number of anilines is 1. The largest absolute Gasteiger partial charge is 0.497 e. The first kappa shape index (κ1) is 14.2. The monoisotopic (exact) mass is 337 g/mol. The van der Waals surface area contributed by atoms with Crippen molar-refractivity contribution in [2.45, 2.75) is 46.1 Å². The van der Waals surface area contributed by atoms with E-state index in [2.05, 4.69) is 54.2 Å². The van der Waals surface area contributed by atoms with Gasteiger partial charge in [0.1, 0.15) is 5.75 Å². The molecule has 2 aliphatic carbocycles. The van der Waals surface area contributed by atoms with Crippen LogP contribution in [0.1, 0.15) is 40.0 Å². The van der Waals surface area contributed by atoms with Crippen LogP contribution in [0.5, 0.6) is 5.75 Å². The fourth-order valence-electron chi connectivity index (χ4n) is 4.59. The smallest absolute Gasteiger partial charge is 0.122 e. The lowest BCUT2D eigenvalue weighted by molar-refractivity contribution is 0.155. The number of fused-ring (bicyclic) bond motifs is 2. The molecule has 1 aromatic carbocycles. The molecule has 0 saturated heterocycles. The van der Waals surface area contributed by atoms with Crippen molar-refractivity contribution in [3.8, 4) is 5.75 Å². The topological polar surface area (TPSA) is 21.3 Å². The van der Waals surface area contributed by atoms with Crippen LogP contribution in [-0.2, 0) is 0 Å². The van der Waals surface area contributed by atoms with Gasteiger partial charge in [0.15, 0.2) is 0 Å². The van der Waals surface area contributed by atoms with Gasteiger partial charge in [-0.25, -0.2) is 0 Å². The van der Waals surface area contributed by atoms with E-state index in [1.165, 1.54) is 19.3 Å². The quantitative estimate of drug-likeness (QED) is 0.829. The molecule has 2 nitrogen and oxygen atoms in total. The molecule has 0 amide bonds. The molecule has 0 aromatic heterocycles. The average Bonchev–Trinajstić information content (AvgIpc) is 2.85. The summed E-state index contributed by atoms with van der Waals surface area (Å²) in [6.07, 6.45) is 4.11. The Morgan fingerprint density at radius 2 is 2.00 bits per heavy atom. The Labute approximate surface area is 130 Å². The van der Waals surface area contributed by atoms with Crippen LogP contribution in [0.25, 0.3) is 0 Å². The molecule has 3 rings (SSSR count). The molecular formula is C17H24BrNO. The molecular weight excluding hydrogens is 314 g/mol. The highest BCUT2D eigenvalue weighted by molar-refractivity contribution is 9.10. The predicted octanol–water partition coefficient (Wildman–Crippen LogP) is 5.08. The Morgan fingerprint density at radius 3 is 2.60 bits per heavy atom. The molecule has 110 valence electrons. The third-order valence-corrected chi connectivity index (χ3v) is 6.15. The van der Waals surface area contributed by atoms with Gasteiger partial charge in [-0.2, -0.15) is 0 Å². The maximum atomic E-state index is 5.37. The second kappa shape index (κ2) is 4.66. The van der Waals surface area contributed by atoms with Gasteiger partial charge in [-0.3, -0.25) is 0 Å². The van der Waals surface area contributed by atoms with E-state index in [4.69, 9.17) is 4.74 Å². The van der Waals surface area contributed by atoms with Gasteiger partial charge in [-0.05, 0) is 48.1 Å². The summed E-state index contributed by atoms with van der Waals surface area (Å²) in [6, 6.07) is 6.77. The molecule has 2 bridgehead atoms. The third-order valence-electron chi connectivity index (χ3n) is 5.69. The van der Waals surface area contributed by atoms with Crippen LogP contribution in [0.4, 0.5) is 5.69 Å². The summed E-state index contributed by atoms with van der Waals surface area (Å²) in [5.41, 5.74) is 1.95. The number of ether oxygens (including phenoxy) is 1. The van der Waals surface area contributed by atoms with E-state index in [0.717, 1.165) is 21.8 Å². The molecule has 1 unspecified atom stereocenters. The molecule has 0 radical (unpaired) electrons. The lowest BCUT2D eigenvalue weighted by Crippen LogP contribution is -2.45. The highest BCUT2D eigenvalue weighted by Gasteiger charge is 2.59. The van der Waals surface area contributed by atoms with Crippen LogP contribution in [0.2, 0.25) is 0 Å². The summed E-state index contributed by atoms with van der Waals surface area (Å²) in [5, 5.41) is 3.81. The molecule has 1 N–H and O–H groups in total. The Balaban J connectivity index is 1.89. The van der Waals surface area contributed by atoms with E-state index in [1.807, 2.05) is 6.07 Å². The third kappa shape index (κ3) is 2.14. The zero-order valence-corrected chi connectivity index (χ0v) is 14.4. The van der Waals surface area contributed by atoms with Gasteiger partial charge in [0.25, 0.3) is 0 Å². The maximum absolute atomic E-state index is 5.37. The molecule has 3 heteroatoms. The number of hydrogen-bond acceptors (Lipinski definition) is 2. The van der Waals surface area contributed by atoms with Crippen LogP contribution < -0.4 is 10.1 Å². The van der Waals surface area contributed by atoms with E-state index in [0.29, 0.717) is 16.9 Å². The number of halogens is 1. The lowest BCUT2D eigenvalue weighted by Gasteiger charge is -2.43. The van der Waals surface area contributed by atoms with Crippen LogP contribution in [0, 0.1) is 16.7 Å². The molecule has 2 saturated carbocycles. The fraction of sp³-hybridized carbons (Fsp3) is 0.647. The first-order chi connectivity index (χ1) is 9.35. The van der Waals surface area contributed by atoms with Crippen molar-refractivity contribution in [1.29, 1.82) is 0 Å². The predicted molar refractivity (Wildman–Crippen MR) is 87.3 cm³/mol. The van der Waals surface area contributed by atoms with Crippen molar-refractivity contribution >= 4 is 21.6 Å². The molecule has 0 aliphatic heterocycles. The normalized spacial score (nSPS) is 34.2. The zero-order chi connectivity index (χ0) is 14.5. The molecule has 20 heavy (non-hydrogen) atoms. The highest BCUT2D eigenvalue weighted by atomic mass is 79.9. The minimum absolute atomic E-state index is 0.364. The van der Waals surface area contributed by atoms with Crippen molar-refractivity contribution in [2.24, 2.45) is 16.7 Å². The van der Waals surface area contributed by atoms with Gasteiger partial charge >= 0.3 is 0 Å². The maximum Gasteiger partial charge on any atom is 0.122 e. The van der Waals surface area contributed by atoms with Crippen LogP contribution in [0.3, 0.4) is 0 Å². The van der Waals surface area contributed by atoms with Gasteiger partial charge in [-0.1, -0.05) is 36.7 Å². The molecule has 0 heterocycles. The van der Waals surface area contributed by atoms with E-state index in [9.17, 15) is 0 Å². The van der Waals surface area contributed by atoms with E-state index in [1.54, 1.807) is 7.11 Å². The number of nitrogens with one attached hydrogen (secondary N) is 1. The Kier molecular flexibility index (Phi) is 3.32. The van der Waals surface area contributed by atoms with Crippen molar-refractivity contribution in [3.05, 3.63) is 22.7 Å². The Hall–Kier alpha value is -0.700. The summed E-state index contributed by atoms with van der Waals surface area (Å²) >= 11 is 3.57. The van der Waals surface area contributed by atoms with Gasteiger partial charge in [0, 0.05) is 22.3 Å². The minimum Gasteiger partial charge on any atom is -0.497 e. The first-order valence-electron chi connectivity index (χ1n) is 7.46. The summed E-state index contributed by atoms with van der Waals surface area (Å²) in [7, 11) is 1.72. The van der Waals surface area contributed by atoms with Crippen molar-refractivity contribution < 1.29 is 4.74 Å². The van der Waals surface area contributed by atoms with Gasteiger partial charge in [0.05, 0.1) is 7.11 Å². The van der Waals surface area contributed by atoms with E-state index < -0.39 is 0 Å². The molecule has 0 spiro atoms. The van der Waals surface area contributed by atoms with E-state index in [-0.39, 0.29) is 0 Å². The standard InChI is InChI=1S/C17H24BrNO/c1-16(2)11-5-6-17(3,10-11)15(16)19-13-7-12(18)8-14(9-13)20-4/h7-9,11,15,19H,5-6,10H2,1-4H3/t11-,15?,17+/m0/s1. The second-order valence-corrected chi connectivity index (χ2v) is 8.29. The highest BCUT2D eigenvalue weighted by Crippen LogP contribution is 2.63. The van der Waals surface area contributed by atoms with Crippen LogP contribution in [-0.4, -0.2) is 13.2 Å². The molecule has 2 fully saturated rings. The van der Waals surface area contributed by atoms with Crippen LogP contribution in [0.15, 0.2) is 22.7 Å². The molecule has 2 aliphatic rings. The van der Waals surface area contributed by atoms with Crippen molar-refractivity contribution in [1.82, 2.24) is 0 Å². The van der Waals surface area contributed by atoms with Gasteiger partial charge in [-0.15, -0.1) is 0 Å². The summed E-state index contributed by atoms with van der Waals surface area (Å²) in [6.45, 7) is 7.30. The summed E-state index contributed by atoms with van der Waals surface area (Å²) in [5.74, 6) is 1.76. The Bertz CT molecular complexity index is 523. The zero-order valence-electron chi connectivity index (χ0n) is 12.8. The number of benzene rings is 1. The summed E-state index contributed by atoms with van der Waals surface area (Å²) < 4.78 is 6.43. The van der Waals surface area contributed by atoms with E-state index >= 15 is 0 Å². The Morgan fingerprint density at radius 1 is 1.25 bits per heavy atom. The number of rotatable bonds is 3. The van der Waals surface area contributed by atoms with Crippen molar-refractivity contribution in [3.63, 3.8) is 0 Å². The van der Waals surface area contributed by atoms with Gasteiger partial charge in [0.2, 0.25) is 0 Å². The number of hydrogen-bond donors (Lipinski definition) is 1. The summed E-state index contributed by atoms with van der Waals surface area (Å²) in [4.78, 5) is 0. The first-order valence-corrected chi connectivity index (χ1v) is 8.25.